The number of methoxy groups -OCH3 is 2. The van der Waals surface area contributed by atoms with Gasteiger partial charge in [0.15, 0.2) is 36.0 Å². The Balaban J connectivity index is -0.0000000449. The molecule has 0 amide bonds. The summed E-state index contributed by atoms with van der Waals surface area (Å²) in [5, 5.41) is 0.576. The lowest BCUT2D eigenvalue weighted by Gasteiger charge is -2.34. The minimum absolute atomic E-state index is 0.0156. The van der Waals surface area contributed by atoms with Crippen molar-refractivity contribution in [2.24, 2.45) is 16.2 Å². The summed E-state index contributed by atoms with van der Waals surface area (Å²) in [6, 6.07) is 0. The number of nitrogens with zero attached hydrogens (tertiary/aromatic N) is 1. The largest absolute Gasteiger partial charge is 0.456 e. The van der Waals surface area contributed by atoms with Gasteiger partial charge in [-0.25, -0.2) is 4.21 Å². The number of Topliss-reactive ketones (excluding diaryl/α,β-unsaturated/α-hetero) is 1. The minimum atomic E-state index is -1.64. The normalized spacial score (nSPS) is 11.9. The van der Waals surface area contributed by atoms with Gasteiger partial charge in [0.1, 0.15) is 12.5 Å². The van der Waals surface area contributed by atoms with E-state index in [-0.39, 0.29) is 22.6 Å². The van der Waals surface area contributed by atoms with Gasteiger partial charge >= 0.3 is 0 Å². The van der Waals surface area contributed by atoms with Crippen LogP contribution in [0.2, 0.25) is 170 Å². The number of carbonyl (C=O) groups excluding carboxylic acids is 1. The maximum Gasteiger partial charge on any atom is 0.183 e. The molecule has 0 aromatic rings. The fourth-order valence-electron chi connectivity index (χ4n) is 1.84. The molecule has 0 radical (unpaired) electrons. The van der Waals surface area contributed by atoms with Gasteiger partial charge in [-0.3, -0.25) is 8.39 Å². The third-order valence-corrected chi connectivity index (χ3v) is 38.5. The van der Waals surface area contributed by atoms with E-state index in [1.54, 1.807) is 72.7 Å². The smallest absolute Gasteiger partial charge is 0.183 e. The Morgan fingerprint density at radius 2 is 0.570 bits per heavy atom. The van der Waals surface area contributed by atoms with Crippen LogP contribution in [0.25, 0.3) is 0 Å². The molecule has 0 saturated heterocycles. The summed E-state index contributed by atoms with van der Waals surface area (Å²) in [6.45, 7) is 121. The van der Waals surface area contributed by atoms with Crippen molar-refractivity contribution in [3.63, 3.8) is 0 Å². The molecule has 0 aromatic heterocycles. The molecule has 24 heteroatoms. The van der Waals surface area contributed by atoms with E-state index in [1.165, 1.54) is 27.2 Å². The molecule has 0 fully saturated rings. The van der Waals surface area contributed by atoms with Crippen LogP contribution < -0.4 is 0 Å². The molecule has 0 aliphatic heterocycles. The van der Waals surface area contributed by atoms with Crippen LogP contribution in [-0.4, -0.2) is 227 Å². The number of carbonyl (C=O) groups is 1. The molecule has 0 bridgehead atoms. The molecule has 0 heterocycles. The standard InChI is InChI=1S/C8H18O.C8H18.C7H18Si.C6H18OSi2.C6H18Si2.C5H12O.C5H12.C4H12OSi.C4H12Si.C3H9B.C3H9N.C3H9OP.C3H6O.C3H9P.C2H6O2S.C2H6OS.C2H6O.C2H6S/c1-7(2,3)9-8(4,5)6;2*1-7(2,3)8(4,5)6;1-8(2,3)7-9(4,5)6;1-7(2,3)8(4,5)6;1-5(2,3)6-4;1-5(2,3)4;1-5-6(2,3)4;1-5(2,3)4;2*1-4(2)3;1-5(2,3)4;1-3(2)4;1-4(2)3;1-4-5(2)3;1-4(2)3;2*1-3-2/h1-6H3;2*1-6H3;1-6H3;1-6H3;1-4H3;1-4H3;1-4H3;1-4H3;2*1-3H3;1-3H3;1-2H3;1-3H3;1-2H3;1-2H3;2*1-2H3. The van der Waals surface area contributed by atoms with E-state index in [9.17, 15) is 17.8 Å². The third kappa shape index (κ3) is 407. The molecule has 0 spiro atoms. The Morgan fingerprint density at radius 1 is 0.470 bits per heavy atom. The van der Waals surface area contributed by atoms with Crippen molar-refractivity contribution >= 4 is 117 Å². The maximum absolute atomic E-state index is 10.2. The van der Waals surface area contributed by atoms with Gasteiger partial charge in [-0.05, 0) is 230 Å². The summed E-state index contributed by atoms with van der Waals surface area (Å²) >= 11 is 0.677. The topological polar surface area (TPSA) is 127 Å². The molecule has 632 valence electrons. The lowest BCUT2D eigenvalue weighted by molar-refractivity contribution is -0.115. The predicted octanol–water partition coefficient (Wildman–Crippen LogP) is 27.0. The lowest BCUT2D eigenvalue weighted by atomic mass is 9.58. The summed E-state index contributed by atoms with van der Waals surface area (Å²) < 4.78 is 59.5. The van der Waals surface area contributed by atoms with Crippen molar-refractivity contribution in [1.82, 2.24) is 4.90 Å². The highest BCUT2D eigenvalue weighted by Gasteiger charge is 2.31. The van der Waals surface area contributed by atoms with Gasteiger partial charge in [-0.15, -0.1) is 7.92 Å². The quantitative estimate of drug-likeness (QED) is 0.192. The van der Waals surface area contributed by atoms with Crippen molar-refractivity contribution in [3.05, 3.63) is 0 Å². The monoisotopic (exact) mass is 1660 g/mol. The summed E-state index contributed by atoms with van der Waals surface area (Å²) in [7, 11) is 5.75. The predicted molar refractivity (Wildman–Crippen MR) is 511 cm³/mol. The number of hydrogen-bond acceptors (Lipinski definition) is 12. The van der Waals surface area contributed by atoms with Gasteiger partial charge in [0.2, 0.25) is 0 Å². The van der Waals surface area contributed by atoms with E-state index in [1.807, 2.05) is 59.3 Å². The summed E-state index contributed by atoms with van der Waals surface area (Å²) in [4.78, 5) is 11.4. The second kappa shape index (κ2) is 74.0. The van der Waals surface area contributed by atoms with Crippen LogP contribution in [0, 0.1) is 16.2 Å². The van der Waals surface area contributed by atoms with Crippen molar-refractivity contribution in [1.29, 1.82) is 0 Å². The van der Waals surface area contributed by atoms with E-state index in [4.69, 9.17) is 18.0 Å². The molecule has 0 N–H and O–H groups in total. The second-order valence-electron chi connectivity index (χ2n) is 42.1. The summed E-state index contributed by atoms with van der Waals surface area (Å²) in [5.41, 5.74) is 1.39. The average Bonchev–Trinajstić information content (AvgIpc) is 0.894. The first kappa shape index (κ1) is 148. The number of ketones is 1. The second-order valence-corrected chi connectivity index (χ2v) is 95.9. The third-order valence-electron chi connectivity index (χ3n) is 9.43. The van der Waals surface area contributed by atoms with Crippen molar-refractivity contribution in [2.45, 2.75) is 353 Å². The highest BCUT2D eigenvalue weighted by molar-refractivity contribution is 7.97. The molecule has 0 aliphatic rings. The van der Waals surface area contributed by atoms with Crippen molar-refractivity contribution in [2.75, 3.05) is 128 Å². The SMILES string of the molecule is CB(C)C.CC(C)(C)C.CC(C)(C)C(C)(C)C.CC(C)(C)OC(C)(C)C.CC(C)(C)[Si](C)(C)C.CC(C)=O.CN(C)C.COC.COC(C)(C)C.COS(C)=O.CO[Si](C)(C)C.CP(C)(C)=O.CP(C)C.CS(C)=O.CSC.C[Si](C)(C)C.C[Si](C)(C)O[Si](C)(C)C.C[Si](C)(C)[Si](C)(C)C. The van der Waals surface area contributed by atoms with Crippen LogP contribution in [0.1, 0.15) is 166 Å². The van der Waals surface area contributed by atoms with Crippen LogP contribution in [0.3, 0.4) is 0 Å². The molecule has 1 atom stereocenters. The number of hydrogen-bond donors (Lipinski definition) is 0. The lowest BCUT2D eigenvalue weighted by Crippen LogP contribution is -2.49. The van der Waals surface area contributed by atoms with Crippen LogP contribution in [0.5, 0.6) is 0 Å². The molecule has 0 aliphatic carbocycles. The van der Waals surface area contributed by atoms with E-state index in [0.717, 1.165) is 6.71 Å². The minimum Gasteiger partial charge on any atom is -0.456 e. The molecular formula is C76H204BNO10P2S3Si7. The van der Waals surface area contributed by atoms with E-state index in [2.05, 4.69) is 325 Å². The zero-order valence-corrected chi connectivity index (χ0v) is 94.0. The average molecular weight is 1660 g/mol. The van der Waals surface area contributed by atoms with Crippen LogP contribution in [0.4, 0.5) is 0 Å². The Bertz CT molecular complexity index is 1520. The van der Waals surface area contributed by atoms with Gasteiger partial charge in [0.05, 0.1) is 31.1 Å². The van der Waals surface area contributed by atoms with E-state index in [0.29, 0.717) is 29.2 Å². The van der Waals surface area contributed by atoms with Crippen molar-refractivity contribution in [3.8, 4) is 0 Å². The fourth-order valence-corrected chi connectivity index (χ4v) is 9.19. The Labute approximate surface area is 658 Å². The Hall–Kier alpha value is 2.28. The van der Waals surface area contributed by atoms with Gasteiger partial charge in [-0.2, -0.15) is 11.8 Å². The number of rotatable bonds is 5. The number of ether oxygens (including phenoxy) is 3. The molecule has 100 heavy (non-hydrogen) atoms. The first-order valence-electron chi connectivity index (χ1n) is 35.7. The first-order valence-corrected chi connectivity index (χ1v) is 72.2. The highest BCUT2D eigenvalue weighted by atomic mass is 32.2. The maximum atomic E-state index is 10.2. The number of thioether (sulfide) groups is 1. The van der Waals surface area contributed by atoms with Crippen LogP contribution >= 0.6 is 26.8 Å². The molecule has 1 unspecified atom stereocenters. The van der Waals surface area contributed by atoms with E-state index >= 15 is 0 Å². The molecule has 0 aromatic carbocycles. The zero-order chi connectivity index (χ0) is 87.9. The van der Waals surface area contributed by atoms with Gasteiger partial charge in [0, 0.05) is 89.3 Å². The fraction of sp³-hybridized carbons (Fsp3) is 0.987. The summed E-state index contributed by atoms with van der Waals surface area (Å²) in [6.07, 6.45) is 8.83. The van der Waals surface area contributed by atoms with Crippen LogP contribution in [-0.2, 0) is 58.2 Å². The van der Waals surface area contributed by atoms with Crippen LogP contribution in [0.15, 0.2) is 0 Å². The summed E-state index contributed by atoms with van der Waals surface area (Å²) in [5.74, 6) is 0.167. The highest BCUT2D eigenvalue weighted by Crippen LogP contribution is 2.37. The molecule has 0 rings (SSSR count). The Kier molecular flexibility index (Phi) is 109. The van der Waals surface area contributed by atoms with Gasteiger partial charge < -0.3 is 37.0 Å². The molecule has 11 nitrogen and oxygen atoms in total. The Morgan fingerprint density at radius 3 is 0.570 bits per heavy atom. The molecule has 0 saturated carbocycles. The molecular weight excluding hydrogens is 1450 g/mol. The zero-order valence-electron chi connectivity index (χ0n) is 82.7. The van der Waals surface area contributed by atoms with Gasteiger partial charge in [0.25, 0.3) is 0 Å². The first-order chi connectivity index (χ1) is 42.0. The van der Waals surface area contributed by atoms with E-state index < -0.39 is 85.3 Å². The van der Waals surface area contributed by atoms with Crippen molar-refractivity contribution < 1.29 is 44.7 Å². The van der Waals surface area contributed by atoms with Gasteiger partial charge in [-0.1, -0.05) is 196 Å².